The first kappa shape index (κ1) is 20.7. The van der Waals surface area contributed by atoms with Gasteiger partial charge in [-0.1, -0.05) is 29.8 Å². The molecule has 0 aliphatic carbocycles. The van der Waals surface area contributed by atoms with Crippen molar-refractivity contribution in [2.24, 2.45) is 5.73 Å². The number of carbonyl (C=O) groups is 1. The van der Waals surface area contributed by atoms with Crippen molar-refractivity contribution in [1.29, 1.82) is 0 Å². The molecule has 0 radical (unpaired) electrons. The maximum absolute atomic E-state index is 12.1. The third kappa shape index (κ3) is 6.88. The molecule has 0 saturated heterocycles. The van der Waals surface area contributed by atoms with Gasteiger partial charge in [-0.3, -0.25) is 14.9 Å². The largest absolute Gasteiger partial charge is 0.485 e. The minimum Gasteiger partial charge on any atom is -0.485 e. The van der Waals surface area contributed by atoms with Crippen LogP contribution in [0.15, 0.2) is 42.5 Å². The van der Waals surface area contributed by atoms with Gasteiger partial charge >= 0.3 is 5.69 Å². The monoisotopic (exact) mass is 391 g/mol. The van der Waals surface area contributed by atoms with Crippen molar-refractivity contribution in [3.05, 3.63) is 68.7 Å². The van der Waals surface area contributed by atoms with Crippen LogP contribution >= 0.6 is 11.6 Å². The normalized spacial score (nSPS) is 10.4. The van der Waals surface area contributed by atoms with Crippen molar-refractivity contribution in [2.75, 3.05) is 19.7 Å². The predicted octanol–water partition coefficient (Wildman–Crippen LogP) is 2.88. The summed E-state index contributed by atoms with van der Waals surface area (Å²) in [6.45, 7) is 0.979. The number of nitrogens with one attached hydrogen (secondary N) is 1. The van der Waals surface area contributed by atoms with Gasteiger partial charge in [0.15, 0.2) is 5.75 Å². The van der Waals surface area contributed by atoms with Gasteiger partial charge < -0.3 is 15.8 Å². The van der Waals surface area contributed by atoms with Gasteiger partial charge in [0.05, 0.1) is 11.3 Å². The first-order valence-electron chi connectivity index (χ1n) is 8.61. The molecule has 0 fully saturated rings. The molecule has 0 aliphatic heterocycles. The topological polar surface area (TPSA) is 107 Å². The fourth-order valence-corrected chi connectivity index (χ4v) is 2.65. The van der Waals surface area contributed by atoms with Crippen LogP contribution in [0.1, 0.15) is 17.5 Å². The Kier molecular flexibility index (Phi) is 8.03. The van der Waals surface area contributed by atoms with E-state index in [4.69, 9.17) is 22.1 Å². The second kappa shape index (κ2) is 10.5. The number of hydrogen-bond acceptors (Lipinski definition) is 5. The standard InChI is InChI=1S/C19H22ClN3O4/c20-16-6-3-14(4-7-16)2-1-10-22-19(24)13-15-5-8-18(27-11-9-21)17(12-15)23(25)26/h3-8,12H,1-2,9-11,13,21H2,(H,22,24). The zero-order valence-electron chi connectivity index (χ0n) is 14.8. The molecule has 0 saturated carbocycles. The van der Waals surface area contributed by atoms with E-state index in [-0.39, 0.29) is 36.9 Å². The highest BCUT2D eigenvalue weighted by Crippen LogP contribution is 2.28. The van der Waals surface area contributed by atoms with E-state index in [1.165, 1.54) is 12.1 Å². The molecule has 0 atom stereocenters. The molecule has 27 heavy (non-hydrogen) atoms. The highest BCUT2D eigenvalue weighted by atomic mass is 35.5. The van der Waals surface area contributed by atoms with Crippen molar-refractivity contribution < 1.29 is 14.5 Å². The number of nitro groups is 1. The lowest BCUT2D eigenvalue weighted by Crippen LogP contribution is -2.26. The SMILES string of the molecule is NCCOc1ccc(CC(=O)NCCCc2ccc(Cl)cc2)cc1[N+](=O)[O-]. The molecule has 0 aliphatic rings. The molecule has 0 heterocycles. The zero-order chi connectivity index (χ0) is 19.6. The van der Waals surface area contributed by atoms with Crippen LogP contribution in [-0.4, -0.2) is 30.5 Å². The number of nitro benzene ring substituents is 1. The maximum Gasteiger partial charge on any atom is 0.311 e. The molecular formula is C19H22ClN3O4. The Hall–Kier alpha value is -2.64. The van der Waals surface area contributed by atoms with E-state index in [2.05, 4.69) is 5.32 Å². The summed E-state index contributed by atoms with van der Waals surface area (Å²) >= 11 is 5.84. The summed E-state index contributed by atoms with van der Waals surface area (Å²) in [6.07, 6.45) is 1.69. The molecule has 2 aromatic rings. The molecule has 0 bridgehead atoms. The quantitative estimate of drug-likeness (QED) is 0.368. The minimum atomic E-state index is -0.528. The van der Waals surface area contributed by atoms with E-state index in [0.29, 0.717) is 17.1 Å². The average molecular weight is 392 g/mol. The van der Waals surface area contributed by atoms with Crippen LogP contribution < -0.4 is 15.8 Å². The number of ether oxygens (including phenoxy) is 1. The number of nitrogens with zero attached hydrogens (tertiary/aromatic N) is 1. The molecule has 3 N–H and O–H groups in total. The smallest absolute Gasteiger partial charge is 0.311 e. The van der Waals surface area contributed by atoms with Crippen LogP contribution in [0.25, 0.3) is 0 Å². The van der Waals surface area contributed by atoms with Crippen LogP contribution in [0, 0.1) is 10.1 Å². The van der Waals surface area contributed by atoms with Crippen molar-refractivity contribution >= 4 is 23.2 Å². The molecule has 7 nitrogen and oxygen atoms in total. The van der Waals surface area contributed by atoms with Gasteiger partial charge in [0.1, 0.15) is 6.61 Å². The Labute approximate surface area is 162 Å². The van der Waals surface area contributed by atoms with Crippen molar-refractivity contribution in [3.8, 4) is 5.75 Å². The van der Waals surface area contributed by atoms with Crippen LogP contribution in [0.5, 0.6) is 5.75 Å². The van der Waals surface area contributed by atoms with Crippen molar-refractivity contribution in [1.82, 2.24) is 5.32 Å². The van der Waals surface area contributed by atoms with E-state index >= 15 is 0 Å². The fourth-order valence-electron chi connectivity index (χ4n) is 2.53. The second-order valence-corrected chi connectivity index (χ2v) is 6.39. The van der Waals surface area contributed by atoms with Crippen LogP contribution in [0.3, 0.4) is 0 Å². The van der Waals surface area contributed by atoms with Gasteiger partial charge in [0.2, 0.25) is 5.91 Å². The van der Waals surface area contributed by atoms with Gasteiger partial charge in [0.25, 0.3) is 0 Å². The Morgan fingerprint density at radius 1 is 1.19 bits per heavy atom. The molecule has 144 valence electrons. The maximum atomic E-state index is 12.1. The molecule has 2 rings (SSSR count). The molecule has 8 heteroatoms. The third-order valence-electron chi connectivity index (χ3n) is 3.84. The van der Waals surface area contributed by atoms with E-state index in [0.717, 1.165) is 18.4 Å². The van der Waals surface area contributed by atoms with Gasteiger partial charge in [-0.25, -0.2) is 0 Å². The summed E-state index contributed by atoms with van der Waals surface area (Å²) in [5, 5.41) is 14.7. The highest BCUT2D eigenvalue weighted by Gasteiger charge is 2.17. The lowest BCUT2D eigenvalue weighted by Gasteiger charge is -2.08. The summed E-state index contributed by atoms with van der Waals surface area (Å²) in [5.41, 5.74) is 6.88. The fraction of sp³-hybridized carbons (Fsp3) is 0.316. The highest BCUT2D eigenvalue weighted by molar-refractivity contribution is 6.30. The molecule has 1 amide bonds. The summed E-state index contributed by atoms with van der Waals surface area (Å²) < 4.78 is 5.26. The third-order valence-corrected chi connectivity index (χ3v) is 4.09. The predicted molar refractivity (Wildman–Crippen MR) is 104 cm³/mol. The first-order chi connectivity index (χ1) is 13.0. The van der Waals surface area contributed by atoms with Crippen LogP contribution in [-0.2, 0) is 17.6 Å². The summed E-state index contributed by atoms with van der Waals surface area (Å²) in [4.78, 5) is 22.7. The van der Waals surface area contributed by atoms with Gasteiger partial charge in [-0.15, -0.1) is 0 Å². The van der Waals surface area contributed by atoms with E-state index in [9.17, 15) is 14.9 Å². The molecule has 0 unspecified atom stereocenters. The van der Waals surface area contributed by atoms with E-state index < -0.39 is 4.92 Å². The number of benzene rings is 2. The summed E-state index contributed by atoms with van der Waals surface area (Å²) in [7, 11) is 0. The van der Waals surface area contributed by atoms with Gasteiger partial charge in [0, 0.05) is 24.2 Å². The minimum absolute atomic E-state index is 0.0684. The molecular weight excluding hydrogens is 370 g/mol. The van der Waals surface area contributed by atoms with Gasteiger partial charge in [-0.05, 0) is 42.2 Å². The number of hydrogen-bond donors (Lipinski definition) is 2. The number of carbonyl (C=O) groups excluding carboxylic acids is 1. The number of aryl methyl sites for hydroxylation is 1. The average Bonchev–Trinajstić information content (AvgIpc) is 2.65. The number of rotatable bonds is 10. The summed E-state index contributed by atoms with van der Waals surface area (Å²) in [5.74, 6) is -0.0337. The molecule has 2 aromatic carbocycles. The van der Waals surface area contributed by atoms with Crippen molar-refractivity contribution in [3.63, 3.8) is 0 Å². The molecule has 0 spiro atoms. The first-order valence-corrected chi connectivity index (χ1v) is 8.98. The van der Waals surface area contributed by atoms with E-state index in [1.54, 1.807) is 6.07 Å². The Morgan fingerprint density at radius 3 is 2.56 bits per heavy atom. The zero-order valence-corrected chi connectivity index (χ0v) is 15.6. The number of halogens is 1. The lowest BCUT2D eigenvalue weighted by atomic mass is 10.1. The van der Waals surface area contributed by atoms with Crippen LogP contribution in [0.4, 0.5) is 5.69 Å². The second-order valence-electron chi connectivity index (χ2n) is 5.95. The number of nitrogens with two attached hydrogens (primary N) is 1. The van der Waals surface area contributed by atoms with Crippen molar-refractivity contribution in [2.45, 2.75) is 19.3 Å². The lowest BCUT2D eigenvalue weighted by molar-refractivity contribution is -0.385. The Balaban J connectivity index is 1.83. The Morgan fingerprint density at radius 2 is 1.89 bits per heavy atom. The Bertz CT molecular complexity index is 781. The summed E-state index contributed by atoms with van der Waals surface area (Å²) in [6, 6.07) is 12.1. The number of amides is 1. The van der Waals surface area contributed by atoms with Crippen LogP contribution in [0.2, 0.25) is 5.02 Å². The van der Waals surface area contributed by atoms with E-state index in [1.807, 2.05) is 24.3 Å². The molecule has 0 aromatic heterocycles. The van der Waals surface area contributed by atoms with Gasteiger partial charge in [-0.2, -0.15) is 0 Å².